The number of carbonyl (C=O) groups excluding carboxylic acids is 1. The van der Waals surface area contributed by atoms with Gasteiger partial charge in [-0.3, -0.25) is 4.79 Å². The Bertz CT molecular complexity index is 1530. The number of nitrogens with one attached hydrogen (secondary N) is 2. The molecule has 5 aromatic rings. The highest BCUT2D eigenvalue weighted by Crippen LogP contribution is 2.36. The summed E-state index contributed by atoms with van der Waals surface area (Å²) in [7, 11) is 0. The quantitative estimate of drug-likeness (QED) is 0.283. The molecule has 8 heteroatoms. The van der Waals surface area contributed by atoms with Crippen LogP contribution in [0, 0.1) is 0 Å². The topological polar surface area (TPSA) is 104 Å². The molecule has 0 bridgehead atoms. The van der Waals surface area contributed by atoms with Crippen molar-refractivity contribution in [2.24, 2.45) is 0 Å². The van der Waals surface area contributed by atoms with Crippen molar-refractivity contribution in [2.75, 3.05) is 0 Å². The lowest BCUT2D eigenvalue weighted by Gasteiger charge is -2.08. The summed E-state index contributed by atoms with van der Waals surface area (Å²) in [5.41, 5.74) is 2.85. The first-order chi connectivity index (χ1) is 16.6. The minimum Gasteiger partial charge on any atom is -0.457 e. The molecule has 0 radical (unpaired) electrons. The molecule has 0 spiro atoms. The molecule has 0 saturated heterocycles. The normalized spacial score (nSPS) is 18.1. The fourth-order valence-corrected chi connectivity index (χ4v) is 4.92. The van der Waals surface area contributed by atoms with Gasteiger partial charge in [-0.1, -0.05) is 29.8 Å². The molecule has 1 fully saturated rings. The molecular weight excluding hydrogens is 452 g/mol. The lowest BCUT2D eigenvalue weighted by Crippen LogP contribution is -2.02. The van der Waals surface area contributed by atoms with Crippen molar-refractivity contribution < 1.29 is 14.6 Å². The largest absolute Gasteiger partial charge is 0.457 e. The number of fused-ring (bicyclic) bond motifs is 3. The number of ether oxygens (including phenoxy) is 1. The summed E-state index contributed by atoms with van der Waals surface area (Å²) in [5, 5.41) is 10.9. The van der Waals surface area contributed by atoms with Crippen LogP contribution in [0.15, 0.2) is 60.9 Å². The number of hydrogen-bond donors (Lipinski definition) is 3. The van der Waals surface area contributed by atoms with Gasteiger partial charge in [-0.15, -0.1) is 0 Å². The molecule has 0 unspecified atom stereocenters. The molecule has 2 atom stereocenters. The average molecular weight is 473 g/mol. The number of aromatic amines is 2. The lowest BCUT2D eigenvalue weighted by atomic mass is 10.0. The number of nitrogens with zero attached hydrogens (tertiary/aromatic N) is 2. The summed E-state index contributed by atoms with van der Waals surface area (Å²) in [5.74, 6) is 2.00. The second kappa shape index (κ2) is 8.27. The van der Waals surface area contributed by atoms with Gasteiger partial charge in [0.15, 0.2) is 5.78 Å². The number of hydrogen-bond acceptors (Lipinski definition) is 5. The Kier molecular flexibility index (Phi) is 5.08. The molecule has 0 amide bonds. The van der Waals surface area contributed by atoms with E-state index >= 15 is 0 Å². The zero-order valence-electron chi connectivity index (χ0n) is 18.1. The smallest absolute Gasteiger partial charge is 0.196 e. The Hall–Kier alpha value is -3.68. The molecule has 34 heavy (non-hydrogen) atoms. The van der Waals surface area contributed by atoms with Crippen LogP contribution in [-0.4, -0.2) is 36.9 Å². The van der Waals surface area contributed by atoms with Gasteiger partial charge in [-0.05, 0) is 43.5 Å². The molecular formula is C26H21ClN4O3. The number of pyridine rings is 1. The molecule has 7 nitrogen and oxygen atoms in total. The lowest BCUT2D eigenvalue weighted by molar-refractivity contribution is 0.104. The molecule has 2 aromatic carbocycles. The summed E-state index contributed by atoms with van der Waals surface area (Å²) >= 11 is 6.51. The minimum absolute atomic E-state index is 0.169. The number of aliphatic hydroxyl groups excluding tert-OH is 1. The van der Waals surface area contributed by atoms with Gasteiger partial charge >= 0.3 is 0 Å². The molecule has 0 aliphatic heterocycles. The van der Waals surface area contributed by atoms with Gasteiger partial charge in [0.1, 0.15) is 28.5 Å². The first-order valence-corrected chi connectivity index (χ1v) is 11.6. The van der Waals surface area contributed by atoms with Crippen LogP contribution in [0.3, 0.4) is 0 Å². The van der Waals surface area contributed by atoms with Crippen molar-refractivity contribution in [3.05, 3.63) is 82.9 Å². The predicted octanol–water partition coefficient (Wildman–Crippen LogP) is 5.74. The SMILES string of the molecule is O=C(c1ccc(Oc2ccccc2)cc1Cl)c1c[nH]c2ncc3[nH]c([C@@H]4CC[C@@H](O)C4)nc3c12. The number of ketones is 1. The van der Waals surface area contributed by atoms with Gasteiger partial charge in [-0.25, -0.2) is 9.97 Å². The van der Waals surface area contributed by atoms with Crippen molar-refractivity contribution in [1.82, 2.24) is 19.9 Å². The zero-order chi connectivity index (χ0) is 23.2. The monoisotopic (exact) mass is 472 g/mol. The highest BCUT2D eigenvalue weighted by molar-refractivity contribution is 6.36. The van der Waals surface area contributed by atoms with Crippen LogP contribution in [0.5, 0.6) is 11.5 Å². The minimum atomic E-state index is -0.295. The van der Waals surface area contributed by atoms with Crippen LogP contribution in [0.4, 0.5) is 0 Å². The van der Waals surface area contributed by atoms with Crippen molar-refractivity contribution in [3.8, 4) is 11.5 Å². The number of aromatic nitrogens is 4. The van der Waals surface area contributed by atoms with Gasteiger partial charge in [-0.2, -0.15) is 0 Å². The Morgan fingerprint density at radius 1 is 1.09 bits per heavy atom. The Morgan fingerprint density at radius 2 is 1.94 bits per heavy atom. The van der Waals surface area contributed by atoms with E-state index in [1.807, 2.05) is 30.3 Å². The van der Waals surface area contributed by atoms with E-state index in [1.54, 1.807) is 30.6 Å². The molecule has 3 N–H and O–H groups in total. The van der Waals surface area contributed by atoms with Gasteiger partial charge in [0.25, 0.3) is 0 Å². The van der Waals surface area contributed by atoms with E-state index in [4.69, 9.17) is 21.3 Å². The first kappa shape index (κ1) is 20.9. The van der Waals surface area contributed by atoms with Crippen molar-refractivity contribution in [1.29, 1.82) is 0 Å². The average Bonchev–Trinajstić information content (AvgIpc) is 3.56. The van der Waals surface area contributed by atoms with Crippen LogP contribution in [0.25, 0.3) is 22.1 Å². The first-order valence-electron chi connectivity index (χ1n) is 11.2. The van der Waals surface area contributed by atoms with E-state index in [0.717, 1.165) is 24.2 Å². The summed E-state index contributed by atoms with van der Waals surface area (Å²) < 4.78 is 5.83. The zero-order valence-corrected chi connectivity index (χ0v) is 18.8. The summed E-state index contributed by atoms with van der Waals surface area (Å²) in [6.07, 6.45) is 5.40. The second-order valence-corrected chi connectivity index (χ2v) is 9.03. The molecule has 170 valence electrons. The van der Waals surface area contributed by atoms with Crippen LogP contribution in [0.1, 0.15) is 46.9 Å². The standard InChI is InChI=1S/C26H21ClN4O3/c27-20-11-17(34-16-4-2-1-3-5-16)8-9-18(20)24(33)19-12-28-26-22(19)23-21(13-29-26)30-25(31-23)14-6-7-15(32)10-14/h1-5,8-9,11-15,32H,6-7,10H2,(H,28,29)(H,30,31)/t14-,15-/m1/s1. The highest BCUT2D eigenvalue weighted by Gasteiger charge is 2.28. The number of carbonyl (C=O) groups is 1. The number of aliphatic hydroxyl groups is 1. The van der Waals surface area contributed by atoms with Crippen LogP contribution >= 0.6 is 11.6 Å². The number of rotatable bonds is 5. The Morgan fingerprint density at radius 3 is 2.71 bits per heavy atom. The van der Waals surface area contributed by atoms with Gasteiger partial charge in [0.05, 0.1) is 33.8 Å². The molecule has 3 aromatic heterocycles. The van der Waals surface area contributed by atoms with Crippen LogP contribution in [0.2, 0.25) is 5.02 Å². The third-order valence-corrected chi connectivity index (χ3v) is 6.68. The summed E-state index contributed by atoms with van der Waals surface area (Å²) in [6, 6.07) is 14.4. The van der Waals surface area contributed by atoms with E-state index in [2.05, 4.69) is 15.0 Å². The second-order valence-electron chi connectivity index (χ2n) is 8.62. The van der Waals surface area contributed by atoms with Crippen LogP contribution < -0.4 is 4.74 Å². The van der Waals surface area contributed by atoms with Gasteiger partial charge in [0, 0.05) is 23.7 Å². The molecule has 1 saturated carbocycles. The third kappa shape index (κ3) is 3.63. The Labute approximate surface area is 199 Å². The molecule has 1 aliphatic rings. The predicted molar refractivity (Wildman–Crippen MR) is 130 cm³/mol. The maximum absolute atomic E-state index is 13.5. The number of H-pyrrole nitrogens is 2. The molecule has 6 rings (SSSR count). The van der Waals surface area contributed by atoms with Crippen molar-refractivity contribution >= 4 is 39.5 Å². The van der Waals surface area contributed by atoms with Crippen LogP contribution in [-0.2, 0) is 0 Å². The summed E-state index contributed by atoms with van der Waals surface area (Å²) in [6.45, 7) is 0. The summed E-state index contributed by atoms with van der Waals surface area (Å²) in [4.78, 5) is 29.2. The highest BCUT2D eigenvalue weighted by atomic mass is 35.5. The number of para-hydroxylation sites is 1. The van der Waals surface area contributed by atoms with Gasteiger partial charge in [0.2, 0.25) is 0 Å². The van der Waals surface area contributed by atoms with E-state index in [9.17, 15) is 9.90 Å². The van der Waals surface area contributed by atoms with E-state index in [0.29, 0.717) is 50.6 Å². The fraction of sp³-hybridized carbons (Fsp3) is 0.192. The number of halogens is 1. The molecule has 1 aliphatic carbocycles. The fourth-order valence-electron chi connectivity index (χ4n) is 4.66. The maximum atomic E-state index is 13.5. The number of benzene rings is 2. The number of imidazole rings is 1. The Balaban J connectivity index is 1.37. The molecule has 3 heterocycles. The van der Waals surface area contributed by atoms with Gasteiger partial charge < -0.3 is 19.8 Å². The maximum Gasteiger partial charge on any atom is 0.196 e. The van der Waals surface area contributed by atoms with E-state index < -0.39 is 0 Å². The van der Waals surface area contributed by atoms with Crippen molar-refractivity contribution in [2.45, 2.75) is 31.3 Å². The van der Waals surface area contributed by atoms with E-state index in [1.165, 1.54) is 0 Å². The third-order valence-electron chi connectivity index (χ3n) is 6.37. The van der Waals surface area contributed by atoms with Crippen molar-refractivity contribution in [3.63, 3.8) is 0 Å². The van der Waals surface area contributed by atoms with E-state index in [-0.39, 0.29) is 17.8 Å².